The molecule has 110 valence electrons. The van der Waals surface area contributed by atoms with Gasteiger partial charge in [-0.05, 0) is 31.8 Å². The molecule has 20 heavy (non-hydrogen) atoms. The zero-order chi connectivity index (χ0) is 15.1. The summed E-state index contributed by atoms with van der Waals surface area (Å²) in [6.07, 6.45) is 0. The number of aromatic carboxylic acids is 1. The summed E-state index contributed by atoms with van der Waals surface area (Å²) in [5.41, 5.74) is 0.168. The summed E-state index contributed by atoms with van der Waals surface area (Å²) in [6, 6.07) is 3.76. The number of urea groups is 1. The SMILES string of the molecule is CCN(C)CCNC(=O)Nc1cc(Cl)ccc1C(=O)O. The number of rotatable bonds is 6. The van der Waals surface area contributed by atoms with E-state index in [1.54, 1.807) is 0 Å². The van der Waals surface area contributed by atoms with E-state index >= 15 is 0 Å². The number of benzene rings is 1. The van der Waals surface area contributed by atoms with Crippen LogP contribution < -0.4 is 10.6 Å². The lowest BCUT2D eigenvalue weighted by Crippen LogP contribution is -2.35. The second kappa shape index (κ2) is 7.72. The van der Waals surface area contributed by atoms with Crippen molar-refractivity contribution in [1.29, 1.82) is 0 Å². The molecule has 0 atom stereocenters. The number of likely N-dealkylation sites (N-methyl/N-ethyl adjacent to an activating group) is 1. The molecule has 3 N–H and O–H groups in total. The first-order valence-corrected chi connectivity index (χ1v) is 6.58. The predicted octanol–water partition coefficient (Wildman–Crippen LogP) is 2.11. The van der Waals surface area contributed by atoms with Crippen molar-refractivity contribution < 1.29 is 14.7 Å². The van der Waals surface area contributed by atoms with Crippen LogP contribution in [-0.4, -0.2) is 48.7 Å². The minimum absolute atomic E-state index is 0.00442. The summed E-state index contributed by atoms with van der Waals surface area (Å²) in [6.45, 7) is 4.09. The van der Waals surface area contributed by atoms with E-state index in [4.69, 9.17) is 16.7 Å². The molecule has 1 aromatic rings. The Kier molecular flexibility index (Phi) is 6.27. The molecular formula is C13H18ClN3O3. The average molecular weight is 300 g/mol. The summed E-state index contributed by atoms with van der Waals surface area (Å²) < 4.78 is 0. The van der Waals surface area contributed by atoms with Gasteiger partial charge in [0.05, 0.1) is 11.3 Å². The maximum absolute atomic E-state index is 11.7. The molecule has 0 saturated heterocycles. The number of carboxylic acids is 1. The second-order valence-electron chi connectivity index (χ2n) is 4.27. The highest BCUT2D eigenvalue weighted by atomic mass is 35.5. The van der Waals surface area contributed by atoms with Crippen LogP contribution in [0.3, 0.4) is 0 Å². The number of carboxylic acid groups (broad SMARTS) is 1. The van der Waals surface area contributed by atoms with Crippen molar-refractivity contribution in [2.45, 2.75) is 6.92 Å². The molecule has 0 bridgehead atoms. The highest BCUT2D eigenvalue weighted by Crippen LogP contribution is 2.21. The molecule has 7 heteroatoms. The van der Waals surface area contributed by atoms with Gasteiger partial charge in [-0.1, -0.05) is 18.5 Å². The molecule has 0 saturated carbocycles. The van der Waals surface area contributed by atoms with Crippen LogP contribution in [-0.2, 0) is 0 Å². The third kappa shape index (κ3) is 5.07. The van der Waals surface area contributed by atoms with E-state index in [0.29, 0.717) is 18.1 Å². The Hall–Kier alpha value is -1.79. The van der Waals surface area contributed by atoms with Gasteiger partial charge in [-0.3, -0.25) is 0 Å². The quantitative estimate of drug-likeness (QED) is 0.751. The maximum Gasteiger partial charge on any atom is 0.337 e. The summed E-state index contributed by atoms with van der Waals surface area (Å²) in [5.74, 6) is -1.12. The average Bonchev–Trinajstić information content (AvgIpc) is 2.38. The highest BCUT2D eigenvalue weighted by molar-refractivity contribution is 6.31. The van der Waals surface area contributed by atoms with Crippen molar-refractivity contribution in [3.63, 3.8) is 0 Å². The van der Waals surface area contributed by atoms with Gasteiger partial charge in [-0.2, -0.15) is 0 Å². The number of anilines is 1. The largest absolute Gasteiger partial charge is 0.478 e. The number of hydrogen-bond donors (Lipinski definition) is 3. The summed E-state index contributed by atoms with van der Waals surface area (Å²) in [5, 5.41) is 14.5. The first kappa shape index (κ1) is 16.3. The molecule has 0 aromatic heterocycles. The Morgan fingerprint density at radius 1 is 1.40 bits per heavy atom. The van der Waals surface area contributed by atoms with Crippen LogP contribution in [0.1, 0.15) is 17.3 Å². The third-order valence-corrected chi connectivity index (χ3v) is 3.01. The van der Waals surface area contributed by atoms with E-state index < -0.39 is 12.0 Å². The molecule has 0 heterocycles. The lowest BCUT2D eigenvalue weighted by molar-refractivity contribution is 0.0698. The van der Waals surface area contributed by atoms with Gasteiger partial charge in [0.25, 0.3) is 0 Å². The van der Waals surface area contributed by atoms with Crippen LogP contribution in [0.2, 0.25) is 5.02 Å². The highest BCUT2D eigenvalue weighted by Gasteiger charge is 2.12. The topological polar surface area (TPSA) is 81.7 Å². The molecule has 1 rings (SSSR count). The van der Waals surface area contributed by atoms with E-state index in [0.717, 1.165) is 6.54 Å². The number of halogens is 1. The Bertz CT molecular complexity index is 494. The van der Waals surface area contributed by atoms with Crippen molar-refractivity contribution in [2.24, 2.45) is 0 Å². The smallest absolute Gasteiger partial charge is 0.337 e. The normalized spacial score (nSPS) is 10.4. The molecule has 6 nitrogen and oxygen atoms in total. The number of nitrogens with one attached hydrogen (secondary N) is 2. The fourth-order valence-electron chi connectivity index (χ4n) is 1.49. The molecule has 0 radical (unpaired) electrons. The van der Waals surface area contributed by atoms with E-state index in [1.807, 2.05) is 18.9 Å². The van der Waals surface area contributed by atoms with Gasteiger partial charge in [-0.25, -0.2) is 9.59 Å². The first-order chi connectivity index (χ1) is 9.43. The van der Waals surface area contributed by atoms with Crippen molar-refractivity contribution in [1.82, 2.24) is 10.2 Å². The Morgan fingerprint density at radius 2 is 2.10 bits per heavy atom. The summed E-state index contributed by atoms with van der Waals surface area (Å²) >= 11 is 5.80. The van der Waals surface area contributed by atoms with Gasteiger partial charge in [0.15, 0.2) is 0 Å². The van der Waals surface area contributed by atoms with Gasteiger partial charge in [0.1, 0.15) is 0 Å². The van der Waals surface area contributed by atoms with Gasteiger partial charge in [-0.15, -0.1) is 0 Å². The van der Waals surface area contributed by atoms with Gasteiger partial charge >= 0.3 is 12.0 Å². The molecule has 0 fully saturated rings. The zero-order valence-corrected chi connectivity index (χ0v) is 12.2. The van der Waals surface area contributed by atoms with Crippen molar-refractivity contribution in [3.05, 3.63) is 28.8 Å². The van der Waals surface area contributed by atoms with Crippen molar-refractivity contribution in [3.8, 4) is 0 Å². The molecule has 0 aliphatic rings. The Labute approximate surface area is 122 Å². The summed E-state index contributed by atoms with van der Waals surface area (Å²) in [4.78, 5) is 24.8. The molecule has 2 amide bonds. The molecule has 0 aliphatic heterocycles. The van der Waals surface area contributed by atoms with Crippen LogP contribution >= 0.6 is 11.6 Å². The minimum Gasteiger partial charge on any atom is -0.478 e. The molecule has 0 unspecified atom stereocenters. The van der Waals surface area contributed by atoms with Gasteiger partial charge in [0.2, 0.25) is 0 Å². The van der Waals surface area contributed by atoms with Crippen LogP contribution in [0.4, 0.5) is 10.5 Å². The number of nitrogens with zero attached hydrogens (tertiary/aromatic N) is 1. The van der Waals surface area contributed by atoms with Crippen LogP contribution in [0.15, 0.2) is 18.2 Å². The lowest BCUT2D eigenvalue weighted by Gasteiger charge is -2.15. The van der Waals surface area contributed by atoms with Crippen LogP contribution in [0, 0.1) is 0 Å². The Morgan fingerprint density at radius 3 is 2.70 bits per heavy atom. The van der Waals surface area contributed by atoms with Gasteiger partial charge < -0.3 is 20.6 Å². The molecule has 0 aliphatic carbocycles. The number of hydrogen-bond acceptors (Lipinski definition) is 3. The number of carbonyl (C=O) groups excluding carboxylic acids is 1. The van der Waals surface area contributed by atoms with Crippen molar-refractivity contribution >= 4 is 29.3 Å². The van der Waals surface area contributed by atoms with Gasteiger partial charge in [0, 0.05) is 18.1 Å². The fraction of sp³-hybridized carbons (Fsp3) is 0.385. The standard InChI is InChI=1S/C13H18ClN3O3/c1-3-17(2)7-6-15-13(20)16-11-8-9(14)4-5-10(11)12(18)19/h4-5,8H,3,6-7H2,1-2H3,(H,18,19)(H2,15,16,20). The first-order valence-electron chi connectivity index (χ1n) is 6.20. The summed E-state index contributed by atoms with van der Waals surface area (Å²) in [7, 11) is 1.94. The molecule has 0 spiro atoms. The van der Waals surface area contributed by atoms with E-state index in [9.17, 15) is 9.59 Å². The van der Waals surface area contributed by atoms with E-state index in [2.05, 4.69) is 10.6 Å². The monoisotopic (exact) mass is 299 g/mol. The predicted molar refractivity (Wildman–Crippen MR) is 78.6 cm³/mol. The number of carbonyl (C=O) groups is 2. The van der Waals surface area contributed by atoms with Crippen molar-refractivity contribution in [2.75, 3.05) is 32.0 Å². The van der Waals surface area contributed by atoms with Crippen LogP contribution in [0.25, 0.3) is 0 Å². The zero-order valence-electron chi connectivity index (χ0n) is 11.4. The third-order valence-electron chi connectivity index (χ3n) is 2.78. The lowest BCUT2D eigenvalue weighted by atomic mass is 10.2. The molecular weight excluding hydrogens is 282 g/mol. The number of amides is 2. The van der Waals surface area contributed by atoms with Crippen LogP contribution in [0.5, 0.6) is 0 Å². The van der Waals surface area contributed by atoms with E-state index in [-0.39, 0.29) is 11.3 Å². The molecule has 1 aromatic carbocycles. The minimum atomic E-state index is -1.12. The fourth-order valence-corrected chi connectivity index (χ4v) is 1.66. The Balaban J connectivity index is 2.61. The maximum atomic E-state index is 11.7. The second-order valence-corrected chi connectivity index (χ2v) is 4.71. The van der Waals surface area contributed by atoms with E-state index in [1.165, 1.54) is 18.2 Å².